The van der Waals surface area contributed by atoms with Crippen LogP contribution in [0.25, 0.3) is 0 Å². The van der Waals surface area contributed by atoms with Crippen LogP contribution in [0.4, 0.5) is 0 Å². The summed E-state index contributed by atoms with van der Waals surface area (Å²) in [5, 5.41) is 3.09. The van der Waals surface area contributed by atoms with Gasteiger partial charge >= 0.3 is 0 Å². The lowest BCUT2D eigenvalue weighted by molar-refractivity contribution is 0.396. The number of nitrogens with zero attached hydrogens (tertiary/aromatic N) is 2. The van der Waals surface area contributed by atoms with Crippen molar-refractivity contribution in [3.05, 3.63) is 18.3 Å². The van der Waals surface area contributed by atoms with E-state index in [0.29, 0.717) is 24.9 Å². The molecule has 0 spiro atoms. The highest BCUT2D eigenvalue weighted by Crippen LogP contribution is 2.24. The smallest absolute Gasteiger partial charge is 0.244 e. The number of aromatic nitrogens is 1. The highest BCUT2D eigenvalue weighted by molar-refractivity contribution is 7.89. The summed E-state index contributed by atoms with van der Waals surface area (Å²) < 4.78 is 31.3. The van der Waals surface area contributed by atoms with Crippen molar-refractivity contribution >= 4 is 10.0 Å². The van der Waals surface area contributed by atoms with E-state index in [1.165, 1.54) is 23.7 Å². The van der Waals surface area contributed by atoms with Gasteiger partial charge in [0.15, 0.2) is 0 Å². The molecule has 1 atom stereocenters. The monoisotopic (exact) mass is 285 g/mol. The quantitative estimate of drug-likeness (QED) is 0.843. The largest absolute Gasteiger partial charge is 0.481 e. The van der Waals surface area contributed by atoms with Gasteiger partial charge in [-0.2, -0.15) is 4.31 Å². The summed E-state index contributed by atoms with van der Waals surface area (Å²) >= 11 is 0. The maximum absolute atomic E-state index is 12.4. The van der Waals surface area contributed by atoms with Crippen molar-refractivity contribution < 1.29 is 13.2 Å². The topological polar surface area (TPSA) is 71.5 Å². The number of sulfonamides is 1. The van der Waals surface area contributed by atoms with E-state index in [4.69, 9.17) is 4.74 Å². The molecule has 1 unspecified atom stereocenters. The maximum atomic E-state index is 12.4. The second kappa shape index (κ2) is 5.85. The van der Waals surface area contributed by atoms with Crippen molar-refractivity contribution in [2.75, 3.05) is 33.8 Å². The Bertz CT molecular complexity index is 516. The molecule has 1 aliphatic heterocycles. The molecule has 6 nitrogen and oxygen atoms in total. The Morgan fingerprint density at radius 3 is 2.89 bits per heavy atom. The van der Waals surface area contributed by atoms with Gasteiger partial charge in [0.25, 0.3) is 0 Å². The van der Waals surface area contributed by atoms with Gasteiger partial charge in [0.1, 0.15) is 4.90 Å². The summed E-state index contributed by atoms with van der Waals surface area (Å²) in [5.41, 5.74) is 0. The number of methoxy groups -OCH3 is 1. The molecule has 1 N–H and O–H groups in total. The zero-order chi connectivity index (χ0) is 13.9. The molecule has 0 bridgehead atoms. The standard InChI is InChI=1S/C12H19N3O3S/c1-13-7-10-5-6-15(9-10)19(16,17)11-3-4-12(18-2)14-8-11/h3-4,8,10,13H,5-7,9H2,1-2H3. The molecule has 1 fully saturated rings. The van der Waals surface area contributed by atoms with Crippen molar-refractivity contribution in [2.45, 2.75) is 11.3 Å². The fourth-order valence-electron chi connectivity index (χ4n) is 2.26. The van der Waals surface area contributed by atoms with Crippen LogP contribution in [0.5, 0.6) is 5.88 Å². The number of rotatable bonds is 5. The predicted octanol–water partition coefficient (Wildman–Crippen LogP) is 0.320. The van der Waals surface area contributed by atoms with Gasteiger partial charge in [-0.15, -0.1) is 0 Å². The van der Waals surface area contributed by atoms with Crippen molar-refractivity contribution in [3.63, 3.8) is 0 Å². The maximum Gasteiger partial charge on any atom is 0.244 e. The molecule has 0 aliphatic carbocycles. The van der Waals surface area contributed by atoms with Crippen molar-refractivity contribution in [2.24, 2.45) is 5.92 Å². The van der Waals surface area contributed by atoms with Gasteiger partial charge < -0.3 is 10.1 Å². The predicted molar refractivity (Wildman–Crippen MR) is 71.6 cm³/mol. The molecule has 106 valence electrons. The summed E-state index contributed by atoms with van der Waals surface area (Å²) in [5.74, 6) is 0.791. The molecule has 2 rings (SSSR count). The highest BCUT2D eigenvalue weighted by atomic mass is 32.2. The fraction of sp³-hybridized carbons (Fsp3) is 0.583. The Morgan fingerprint density at radius 1 is 1.53 bits per heavy atom. The zero-order valence-electron chi connectivity index (χ0n) is 11.2. The lowest BCUT2D eigenvalue weighted by Gasteiger charge is -2.16. The number of pyridine rings is 1. The molecular weight excluding hydrogens is 266 g/mol. The minimum absolute atomic E-state index is 0.221. The molecule has 7 heteroatoms. The van der Waals surface area contributed by atoms with Gasteiger partial charge in [0, 0.05) is 19.2 Å². The van der Waals surface area contributed by atoms with Crippen LogP contribution < -0.4 is 10.1 Å². The summed E-state index contributed by atoms with van der Waals surface area (Å²) in [6.07, 6.45) is 2.24. The normalized spacial score (nSPS) is 20.6. The summed E-state index contributed by atoms with van der Waals surface area (Å²) in [6.45, 7) is 1.97. The van der Waals surface area contributed by atoms with Crippen molar-refractivity contribution in [3.8, 4) is 5.88 Å². The number of ether oxygens (including phenoxy) is 1. The Morgan fingerprint density at radius 2 is 2.32 bits per heavy atom. The molecule has 0 aromatic carbocycles. The third-order valence-electron chi connectivity index (χ3n) is 3.30. The molecule has 0 saturated carbocycles. The van der Waals surface area contributed by atoms with E-state index >= 15 is 0 Å². The Kier molecular flexibility index (Phi) is 4.38. The average molecular weight is 285 g/mol. The van der Waals surface area contributed by atoms with Gasteiger partial charge in [0.05, 0.1) is 13.3 Å². The first-order chi connectivity index (χ1) is 9.07. The average Bonchev–Trinajstić information content (AvgIpc) is 2.89. The van der Waals surface area contributed by atoms with Crippen LogP contribution in [0.15, 0.2) is 23.2 Å². The summed E-state index contributed by atoms with van der Waals surface area (Å²) in [6, 6.07) is 3.10. The Hall–Kier alpha value is -1.18. The van der Waals surface area contributed by atoms with E-state index in [9.17, 15) is 8.42 Å². The van der Waals surface area contributed by atoms with Crippen LogP contribution >= 0.6 is 0 Å². The van der Waals surface area contributed by atoms with Crippen molar-refractivity contribution in [1.82, 2.24) is 14.6 Å². The second-order valence-corrected chi connectivity index (χ2v) is 6.55. The van der Waals surface area contributed by atoms with Crippen LogP contribution in [-0.2, 0) is 10.0 Å². The van der Waals surface area contributed by atoms with E-state index < -0.39 is 10.0 Å². The molecule has 0 amide bonds. The number of hydrogen-bond donors (Lipinski definition) is 1. The van der Waals surface area contributed by atoms with Gasteiger partial charge in [-0.3, -0.25) is 0 Å². The molecule has 1 saturated heterocycles. The van der Waals surface area contributed by atoms with Gasteiger partial charge in [-0.05, 0) is 32.0 Å². The summed E-state index contributed by atoms with van der Waals surface area (Å²) in [7, 11) is -0.0486. The third kappa shape index (κ3) is 3.05. The fourth-order valence-corrected chi connectivity index (χ4v) is 3.74. The van der Waals surface area contributed by atoms with E-state index in [1.54, 1.807) is 6.07 Å². The van der Waals surface area contributed by atoms with Crippen LogP contribution in [0.1, 0.15) is 6.42 Å². The van der Waals surface area contributed by atoms with Crippen LogP contribution in [0, 0.1) is 5.92 Å². The minimum atomic E-state index is -3.43. The zero-order valence-corrected chi connectivity index (χ0v) is 12.0. The first-order valence-electron chi connectivity index (χ1n) is 6.22. The van der Waals surface area contributed by atoms with Crippen LogP contribution in [0.3, 0.4) is 0 Å². The number of nitrogens with one attached hydrogen (secondary N) is 1. The molecule has 19 heavy (non-hydrogen) atoms. The molecule has 1 aromatic heterocycles. The lowest BCUT2D eigenvalue weighted by Crippen LogP contribution is -2.30. The molecule has 0 radical (unpaired) electrons. The SMILES string of the molecule is CNCC1CCN(S(=O)(=O)c2ccc(OC)nc2)C1. The van der Waals surface area contributed by atoms with Crippen LogP contribution in [-0.4, -0.2) is 51.5 Å². The molecule has 2 heterocycles. The van der Waals surface area contributed by atoms with Gasteiger partial charge in [-0.25, -0.2) is 13.4 Å². The van der Waals surface area contributed by atoms with Gasteiger partial charge in [0.2, 0.25) is 15.9 Å². The summed E-state index contributed by atoms with van der Waals surface area (Å²) in [4.78, 5) is 4.17. The third-order valence-corrected chi connectivity index (χ3v) is 5.15. The Balaban J connectivity index is 2.13. The lowest BCUT2D eigenvalue weighted by atomic mass is 10.1. The first kappa shape index (κ1) is 14.2. The van der Waals surface area contributed by atoms with Crippen LogP contribution in [0.2, 0.25) is 0 Å². The molecule has 1 aliphatic rings. The van der Waals surface area contributed by atoms with E-state index in [2.05, 4.69) is 10.3 Å². The van der Waals surface area contributed by atoms with Crippen molar-refractivity contribution in [1.29, 1.82) is 0 Å². The Labute approximate surface area is 113 Å². The van der Waals surface area contributed by atoms with Gasteiger partial charge in [-0.1, -0.05) is 0 Å². The van der Waals surface area contributed by atoms with E-state index in [1.807, 2.05) is 7.05 Å². The number of hydrogen-bond acceptors (Lipinski definition) is 5. The highest BCUT2D eigenvalue weighted by Gasteiger charge is 2.32. The minimum Gasteiger partial charge on any atom is -0.481 e. The first-order valence-corrected chi connectivity index (χ1v) is 7.66. The second-order valence-electron chi connectivity index (χ2n) is 4.61. The molecule has 1 aromatic rings. The van der Waals surface area contributed by atoms with E-state index in [0.717, 1.165) is 13.0 Å². The van der Waals surface area contributed by atoms with E-state index in [-0.39, 0.29) is 4.90 Å². The molecular formula is C12H19N3O3S.